The monoisotopic (exact) mass is 469 g/mol. The molecule has 2 N–H and O–H groups in total. The maximum Gasteiger partial charge on any atom is 0.325 e. The highest BCUT2D eigenvalue weighted by molar-refractivity contribution is 6.30. The molecule has 0 aliphatic carbocycles. The number of imide groups is 1. The average molecular weight is 470 g/mol. The lowest BCUT2D eigenvalue weighted by Gasteiger charge is -2.38. The van der Waals surface area contributed by atoms with Gasteiger partial charge in [-0.1, -0.05) is 53.6 Å². The first-order chi connectivity index (χ1) is 15.7. The fraction of sp³-hybridized carbons (Fsp3) is 0.400. The SMILES string of the molecule is Cc1ccc(C2(C)NC(=O)N(CC(=O)NCC3(c4ccc(Cl)cc4)CCOCC3)C2=O)cc1. The van der Waals surface area contributed by atoms with Gasteiger partial charge in [0.1, 0.15) is 12.1 Å². The molecule has 33 heavy (non-hydrogen) atoms. The van der Waals surface area contributed by atoms with E-state index < -0.39 is 17.5 Å². The zero-order valence-electron chi connectivity index (χ0n) is 18.8. The number of benzene rings is 2. The minimum absolute atomic E-state index is 0.286. The van der Waals surface area contributed by atoms with Gasteiger partial charge in [-0.2, -0.15) is 0 Å². The lowest BCUT2D eigenvalue weighted by atomic mass is 9.74. The van der Waals surface area contributed by atoms with E-state index in [0.29, 0.717) is 30.3 Å². The maximum absolute atomic E-state index is 13.1. The summed E-state index contributed by atoms with van der Waals surface area (Å²) in [6, 6.07) is 14.5. The fourth-order valence-corrected chi connectivity index (χ4v) is 4.65. The second kappa shape index (κ2) is 9.15. The first-order valence-corrected chi connectivity index (χ1v) is 11.4. The molecular formula is C25H28ClN3O4. The van der Waals surface area contributed by atoms with Gasteiger partial charge in [-0.3, -0.25) is 14.5 Å². The van der Waals surface area contributed by atoms with Crippen LogP contribution in [0.1, 0.15) is 36.5 Å². The molecule has 174 valence electrons. The van der Waals surface area contributed by atoms with Gasteiger partial charge in [0.2, 0.25) is 5.91 Å². The van der Waals surface area contributed by atoms with Gasteiger partial charge in [0.15, 0.2) is 0 Å². The summed E-state index contributed by atoms with van der Waals surface area (Å²) in [6.45, 7) is 4.86. The zero-order valence-corrected chi connectivity index (χ0v) is 19.6. The third-order valence-electron chi connectivity index (χ3n) is 6.74. The van der Waals surface area contributed by atoms with E-state index in [0.717, 1.165) is 28.9 Å². The molecule has 4 rings (SSSR count). The Morgan fingerprint density at radius 2 is 1.67 bits per heavy atom. The molecule has 2 fully saturated rings. The molecule has 7 nitrogen and oxygen atoms in total. The number of ether oxygens (including phenoxy) is 1. The number of urea groups is 1. The highest BCUT2D eigenvalue weighted by atomic mass is 35.5. The van der Waals surface area contributed by atoms with E-state index in [2.05, 4.69) is 10.6 Å². The fourth-order valence-electron chi connectivity index (χ4n) is 4.52. The van der Waals surface area contributed by atoms with Crippen LogP contribution in [-0.2, 0) is 25.3 Å². The van der Waals surface area contributed by atoms with Gasteiger partial charge in [-0.15, -0.1) is 0 Å². The number of nitrogens with one attached hydrogen (secondary N) is 2. The van der Waals surface area contributed by atoms with Crippen molar-refractivity contribution in [3.05, 3.63) is 70.2 Å². The van der Waals surface area contributed by atoms with E-state index in [9.17, 15) is 14.4 Å². The van der Waals surface area contributed by atoms with E-state index in [4.69, 9.17) is 16.3 Å². The lowest BCUT2D eigenvalue weighted by molar-refractivity contribution is -0.134. The predicted octanol–water partition coefficient (Wildman–Crippen LogP) is 3.28. The normalized spacial score (nSPS) is 22.2. The van der Waals surface area contributed by atoms with Crippen LogP contribution in [0, 0.1) is 6.92 Å². The summed E-state index contributed by atoms with van der Waals surface area (Å²) in [5.41, 5.74) is 1.33. The minimum Gasteiger partial charge on any atom is -0.381 e. The summed E-state index contributed by atoms with van der Waals surface area (Å²) >= 11 is 6.05. The first-order valence-electron chi connectivity index (χ1n) is 11.1. The number of carbonyl (C=O) groups excluding carboxylic acids is 3. The van der Waals surface area contributed by atoms with Crippen molar-refractivity contribution in [1.29, 1.82) is 0 Å². The van der Waals surface area contributed by atoms with Crippen LogP contribution in [0.15, 0.2) is 48.5 Å². The van der Waals surface area contributed by atoms with Crippen LogP contribution in [0.3, 0.4) is 0 Å². The molecule has 8 heteroatoms. The lowest BCUT2D eigenvalue weighted by Crippen LogP contribution is -2.48. The summed E-state index contributed by atoms with van der Waals surface area (Å²) in [5.74, 6) is -0.823. The molecule has 2 aliphatic heterocycles. The highest BCUT2D eigenvalue weighted by Gasteiger charge is 2.49. The molecule has 2 saturated heterocycles. The van der Waals surface area contributed by atoms with Gasteiger partial charge >= 0.3 is 6.03 Å². The number of nitrogens with zero attached hydrogens (tertiary/aromatic N) is 1. The summed E-state index contributed by atoms with van der Waals surface area (Å²) in [5, 5.41) is 6.34. The Bertz CT molecular complexity index is 1050. The molecule has 2 aromatic carbocycles. The van der Waals surface area contributed by atoms with Gasteiger partial charge in [0, 0.05) is 30.2 Å². The largest absolute Gasteiger partial charge is 0.381 e. The molecule has 4 amide bonds. The molecule has 0 saturated carbocycles. The molecule has 1 unspecified atom stereocenters. The van der Waals surface area contributed by atoms with E-state index >= 15 is 0 Å². The Labute approximate surface area is 198 Å². The van der Waals surface area contributed by atoms with Crippen LogP contribution in [-0.4, -0.2) is 49.0 Å². The van der Waals surface area contributed by atoms with Crippen LogP contribution >= 0.6 is 11.6 Å². The average Bonchev–Trinajstić information content (AvgIpc) is 3.03. The molecule has 0 radical (unpaired) electrons. The van der Waals surface area contributed by atoms with Gasteiger partial charge in [0.05, 0.1) is 0 Å². The van der Waals surface area contributed by atoms with Crippen LogP contribution in [0.2, 0.25) is 5.02 Å². The van der Waals surface area contributed by atoms with Crippen molar-refractivity contribution < 1.29 is 19.1 Å². The van der Waals surface area contributed by atoms with Crippen molar-refractivity contribution in [1.82, 2.24) is 15.5 Å². The highest BCUT2D eigenvalue weighted by Crippen LogP contribution is 2.35. The van der Waals surface area contributed by atoms with Crippen molar-refractivity contribution in [2.75, 3.05) is 26.3 Å². The number of aryl methyl sites for hydroxylation is 1. The third kappa shape index (κ3) is 4.61. The number of amides is 4. The van der Waals surface area contributed by atoms with Crippen molar-refractivity contribution >= 4 is 29.4 Å². The van der Waals surface area contributed by atoms with Gasteiger partial charge in [0.25, 0.3) is 5.91 Å². The molecule has 2 heterocycles. The van der Waals surface area contributed by atoms with E-state index in [1.807, 2.05) is 55.5 Å². The van der Waals surface area contributed by atoms with Crippen molar-refractivity contribution in [3.8, 4) is 0 Å². The maximum atomic E-state index is 13.1. The molecule has 1 atom stereocenters. The van der Waals surface area contributed by atoms with Crippen LogP contribution in [0.5, 0.6) is 0 Å². The number of carbonyl (C=O) groups is 3. The van der Waals surface area contributed by atoms with Gasteiger partial charge in [-0.25, -0.2) is 4.79 Å². The second-order valence-electron chi connectivity index (χ2n) is 8.99. The molecule has 0 aromatic heterocycles. The Balaban J connectivity index is 1.44. The number of halogens is 1. The van der Waals surface area contributed by atoms with E-state index in [-0.39, 0.29) is 17.9 Å². The zero-order chi connectivity index (χ0) is 23.6. The summed E-state index contributed by atoms with van der Waals surface area (Å²) in [4.78, 5) is 39.5. The summed E-state index contributed by atoms with van der Waals surface area (Å²) in [6.07, 6.45) is 1.51. The van der Waals surface area contributed by atoms with Crippen LogP contribution < -0.4 is 10.6 Å². The van der Waals surface area contributed by atoms with Crippen LogP contribution in [0.25, 0.3) is 0 Å². The van der Waals surface area contributed by atoms with E-state index in [1.54, 1.807) is 6.92 Å². The van der Waals surface area contributed by atoms with E-state index in [1.165, 1.54) is 0 Å². The Morgan fingerprint density at radius 3 is 2.30 bits per heavy atom. The van der Waals surface area contributed by atoms with Gasteiger partial charge in [-0.05, 0) is 49.9 Å². The molecule has 0 spiro atoms. The van der Waals surface area contributed by atoms with Crippen molar-refractivity contribution in [2.45, 2.75) is 37.6 Å². The van der Waals surface area contributed by atoms with Crippen LogP contribution in [0.4, 0.5) is 4.79 Å². The van der Waals surface area contributed by atoms with Crippen molar-refractivity contribution in [2.24, 2.45) is 0 Å². The second-order valence-corrected chi connectivity index (χ2v) is 9.43. The quantitative estimate of drug-likeness (QED) is 0.635. The number of hydrogen-bond donors (Lipinski definition) is 2. The van der Waals surface area contributed by atoms with Crippen molar-refractivity contribution in [3.63, 3.8) is 0 Å². The molecule has 2 aliphatic rings. The molecule has 0 bridgehead atoms. The third-order valence-corrected chi connectivity index (χ3v) is 6.99. The first kappa shape index (κ1) is 23.3. The molecule has 2 aromatic rings. The Hall–Kier alpha value is -2.90. The molecular weight excluding hydrogens is 442 g/mol. The number of rotatable bonds is 6. The number of hydrogen-bond acceptors (Lipinski definition) is 4. The smallest absolute Gasteiger partial charge is 0.325 e. The Morgan fingerprint density at radius 1 is 1.06 bits per heavy atom. The predicted molar refractivity (Wildman–Crippen MR) is 125 cm³/mol. The summed E-state index contributed by atoms with van der Waals surface area (Å²) in [7, 11) is 0. The standard InChI is InChI=1S/C25H28ClN3O4/c1-17-3-5-18(6-4-17)24(2)22(31)29(23(32)28-24)15-21(30)27-16-25(11-13-33-14-12-25)19-7-9-20(26)10-8-19/h3-10H,11-16H2,1-2H3,(H,27,30)(H,28,32). The Kier molecular flexibility index (Phi) is 6.45. The summed E-state index contributed by atoms with van der Waals surface area (Å²) < 4.78 is 5.54. The van der Waals surface area contributed by atoms with Gasteiger partial charge < -0.3 is 15.4 Å². The minimum atomic E-state index is -1.20. The topological polar surface area (TPSA) is 87.7 Å².